The number of aromatic nitrogens is 2. The SMILES string of the molecule is CC(C)c1cc(-c2nccc3c2sc2nc([Si](C)(C)C)ccc23)cc2ccccc12. The number of pyridine rings is 2. The predicted octanol–water partition coefficient (Wildman–Crippen LogP) is 7.33. The topological polar surface area (TPSA) is 25.8 Å². The number of fused-ring (bicyclic) bond motifs is 4. The molecule has 4 heteroatoms. The first kappa shape index (κ1) is 19.4. The van der Waals surface area contributed by atoms with Crippen LogP contribution in [0.4, 0.5) is 0 Å². The molecule has 0 radical (unpaired) electrons. The van der Waals surface area contributed by atoms with Crippen molar-refractivity contribution in [2.24, 2.45) is 0 Å². The Kier molecular flexibility index (Phi) is 4.53. The van der Waals surface area contributed by atoms with Crippen LogP contribution in [0.5, 0.6) is 0 Å². The molecular weight excluding hydrogens is 400 g/mol. The lowest BCUT2D eigenvalue weighted by atomic mass is 9.92. The van der Waals surface area contributed by atoms with Gasteiger partial charge in [-0.2, -0.15) is 0 Å². The van der Waals surface area contributed by atoms with E-state index in [0.717, 1.165) is 10.5 Å². The number of rotatable bonds is 3. The fourth-order valence-corrected chi connectivity index (χ4v) is 6.45. The maximum atomic E-state index is 5.07. The van der Waals surface area contributed by atoms with Gasteiger partial charge in [0.2, 0.25) is 0 Å². The lowest BCUT2D eigenvalue weighted by molar-refractivity contribution is 0.876. The Morgan fingerprint density at radius 2 is 1.67 bits per heavy atom. The number of hydrogen-bond donors (Lipinski definition) is 0. The van der Waals surface area contributed by atoms with Crippen LogP contribution in [0.1, 0.15) is 25.3 Å². The Hall–Kier alpha value is -2.56. The van der Waals surface area contributed by atoms with Crippen molar-refractivity contribution in [2.45, 2.75) is 39.4 Å². The van der Waals surface area contributed by atoms with Gasteiger partial charge in [0.1, 0.15) is 12.9 Å². The summed E-state index contributed by atoms with van der Waals surface area (Å²) in [6.45, 7) is 11.6. The van der Waals surface area contributed by atoms with Gasteiger partial charge in [0.05, 0.1) is 10.4 Å². The second-order valence-corrected chi connectivity index (χ2v) is 15.4. The van der Waals surface area contributed by atoms with Crippen LogP contribution in [0.15, 0.2) is 60.8 Å². The molecule has 3 aromatic heterocycles. The highest BCUT2D eigenvalue weighted by Crippen LogP contribution is 2.39. The van der Waals surface area contributed by atoms with Crippen LogP contribution in [0.25, 0.3) is 42.3 Å². The molecule has 0 aliphatic carbocycles. The van der Waals surface area contributed by atoms with Crippen molar-refractivity contribution < 1.29 is 0 Å². The predicted molar refractivity (Wildman–Crippen MR) is 135 cm³/mol. The summed E-state index contributed by atoms with van der Waals surface area (Å²) >= 11 is 1.78. The van der Waals surface area contributed by atoms with Crippen molar-refractivity contribution in [1.82, 2.24) is 9.97 Å². The molecule has 0 saturated carbocycles. The third-order valence-corrected chi connectivity index (χ3v) is 8.75. The largest absolute Gasteiger partial charge is 0.255 e. The minimum absolute atomic E-state index is 0.456. The molecule has 0 atom stereocenters. The minimum atomic E-state index is -1.45. The molecule has 0 unspecified atom stereocenters. The van der Waals surface area contributed by atoms with Crippen LogP contribution in [0, 0.1) is 0 Å². The summed E-state index contributed by atoms with van der Waals surface area (Å²) < 4.78 is 1.23. The molecule has 2 nitrogen and oxygen atoms in total. The van der Waals surface area contributed by atoms with Crippen LogP contribution in [-0.4, -0.2) is 18.0 Å². The second-order valence-electron chi connectivity index (χ2n) is 9.38. The molecule has 5 rings (SSSR count). The van der Waals surface area contributed by atoms with Gasteiger partial charge < -0.3 is 0 Å². The lowest BCUT2D eigenvalue weighted by Crippen LogP contribution is -2.39. The van der Waals surface area contributed by atoms with E-state index in [1.807, 2.05) is 6.20 Å². The maximum Gasteiger partial charge on any atom is 0.124 e. The Balaban J connectivity index is 1.79. The monoisotopic (exact) mass is 426 g/mol. The molecule has 0 spiro atoms. The molecule has 0 saturated heterocycles. The molecule has 0 N–H and O–H groups in total. The molecule has 0 aliphatic heterocycles. The molecular formula is C26H26N2SSi. The van der Waals surface area contributed by atoms with Gasteiger partial charge in [-0.15, -0.1) is 11.3 Å². The minimum Gasteiger partial charge on any atom is -0.255 e. The average molecular weight is 427 g/mol. The summed E-state index contributed by atoms with van der Waals surface area (Å²) in [7, 11) is -1.45. The maximum absolute atomic E-state index is 5.07. The van der Waals surface area contributed by atoms with E-state index in [0.29, 0.717) is 5.92 Å². The molecule has 0 bridgehead atoms. The Morgan fingerprint density at radius 3 is 2.43 bits per heavy atom. The van der Waals surface area contributed by atoms with Gasteiger partial charge in [0.15, 0.2) is 0 Å². The smallest absolute Gasteiger partial charge is 0.124 e. The van der Waals surface area contributed by atoms with Crippen LogP contribution in [0.3, 0.4) is 0 Å². The number of nitrogens with zero attached hydrogens (tertiary/aromatic N) is 2. The second kappa shape index (κ2) is 7.00. The van der Waals surface area contributed by atoms with Gasteiger partial charge in [-0.3, -0.25) is 4.98 Å². The van der Waals surface area contributed by atoms with E-state index < -0.39 is 8.07 Å². The Bertz CT molecular complexity index is 1410. The lowest BCUT2D eigenvalue weighted by Gasteiger charge is -2.14. The third kappa shape index (κ3) is 3.15. The first-order chi connectivity index (χ1) is 14.3. The average Bonchev–Trinajstić information content (AvgIpc) is 3.10. The Morgan fingerprint density at radius 1 is 0.867 bits per heavy atom. The van der Waals surface area contributed by atoms with Crippen molar-refractivity contribution in [3.63, 3.8) is 0 Å². The summed E-state index contributed by atoms with van der Waals surface area (Å²) in [5.41, 5.74) is 3.64. The normalized spacial score (nSPS) is 12.5. The fraction of sp³-hybridized carbons (Fsp3) is 0.231. The highest BCUT2D eigenvalue weighted by Gasteiger charge is 2.20. The van der Waals surface area contributed by atoms with Crippen molar-refractivity contribution in [1.29, 1.82) is 0 Å². The molecule has 5 aromatic rings. The summed E-state index contributed by atoms with van der Waals surface area (Å²) in [5.74, 6) is 0.456. The van der Waals surface area contributed by atoms with Gasteiger partial charge in [-0.05, 0) is 52.6 Å². The zero-order chi connectivity index (χ0) is 21.0. The zero-order valence-electron chi connectivity index (χ0n) is 18.2. The highest BCUT2D eigenvalue weighted by atomic mass is 32.1. The van der Waals surface area contributed by atoms with E-state index in [1.54, 1.807) is 11.3 Å². The van der Waals surface area contributed by atoms with E-state index in [4.69, 9.17) is 9.97 Å². The van der Waals surface area contributed by atoms with Crippen LogP contribution >= 0.6 is 11.3 Å². The standard InChI is InChI=1S/C26H26N2SSi/c1-16(2)22-15-18(14-17-8-6-7-9-19(17)22)24-25-20(12-13-27-24)21-10-11-23(30(3,4)5)28-26(21)29-25/h6-16H,1-5H3. The molecule has 0 amide bonds. The molecule has 2 aromatic carbocycles. The van der Waals surface area contributed by atoms with Gasteiger partial charge in [-0.25, -0.2) is 4.98 Å². The van der Waals surface area contributed by atoms with Gasteiger partial charge >= 0.3 is 0 Å². The third-order valence-electron chi connectivity index (χ3n) is 5.81. The quantitative estimate of drug-likeness (QED) is 0.282. The van der Waals surface area contributed by atoms with Crippen molar-refractivity contribution in [3.05, 3.63) is 66.4 Å². The molecule has 0 fully saturated rings. The van der Waals surface area contributed by atoms with Crippen molar-refractivity contribution >= 4 is 55.8 Å². The first-order valence-corrected chi connectivity index (χ1v) is 14.9. The summed E-state index contributed by atoms with van der Waals surface area (Å²) in [4.78, 5) is 11.0. The number of thiophene rings is 1. The summed E-state index contributed by atoms with van der Waals surface area (Å²) in [6.07, 6.45) is 1.94. The molecule has 150 valence electrons. The molecule has 0 aliphatic rings. The van der Waals surface area contributed by atoms with E-state index in [9.17, 15) is 0 Å². The first-order valence-electron chi connectivity index (χ1n) is 10.5. The molecule has 3 heterocycles. The van der Waals surface area contributed by atoms with Crippen molar-refractivity contribution in [2.75, 3.05) is 0 Å². The van der Waals surface area contributed by atoms with E-state index in [-0.39, 0.29) is 0 Å². The summed E-state index contributed by atoms with van der Waals surface area (Å²) in [5, 5.41) is 6.38. The fourth-order valence-electron chi connectivity index (χ4n) is 4.16. The Labute approximate surface area is 182 Å². The highest BCUT2D eigenvalue weighted by molar-refractivity contribution is 7.26. The van der Waals surface area contributed by atoms with Crippen LogP contribution in [0.2, 0.25) is 19.6 Å². The van der Waals surface area contributed by atoms with Gasteiger partial charge in [0, 0.05) is 27.8 Å². The van der Waals surface area contributed by atoms with Gasteiger partial charge in [-0.1, -0.05) is 57.8 Å². The van der Waals surface area contributed by atoms with Crippen molar-refractivity contribution in [3.8, 4) is 11.3 Å². The van der Waals surface area contributed by atoms with Crippen LogP contribution < -0.4 is 5.32 Å². The van der Waals surface area contributed by atoms with E-state index >= 15 is 0 Å². The molecule has 30 heavy (non-hydrogen) atoms. The van der Waals surface area contributed by atoms with Crippen LogP contribution in [-0.2, 0) is 0 Å². The van der Waals surface area contributed by atoms with Gasteiger partial charge in [0.25, 0.3) is 0 Å². The number of benzene rings is 2. The van der Waals surface area contributed by atoms with E-state index in [1.165, 1.54) is 42.7 Å². The van der Waals surface area contributed by atoms with E-state index in [2.05, 4.69) is 88.1 Å². The zero-order valence-corrected chi connectivity index (χ0v) is 20.0. The summed E-state index contributed by atoms with van der Waals surface area (Å²) in [6, 6.07) is 19.9. The number of hydrogen-bond acceptors (Lipinski definition) is 3.